The molecule has 2 aromatic carbocycles. The largest absolute Gasteiger partial charge is 0.352 e. The number of benzene rings is 2. The van der Waals surface area contributed by atoms with Crippen molar-refractivity contribution >= 4 is 40.3 Å². The van der Waals surface area contributed by atoms with Crippen molar-refractivity contribution in [1.29, 1.82) is 0 Å². The van der Waals surface area contributed by atoms with Gasteiger partial charge in [-0.15, -0.1) is 0 Å². The van der Waals surface area contributed by atoms with E-state index in [1.807, 2.05) is 18.2 Å². The maximum atomic E-state index is 12.5. The summed E-state index contributed by atoms with van der Waals surface area (Å²) in [6.45, 7) is 2.44. The fourth-order valence-corrected chi connectivity index (χ4v) is 5.17. The number of thioether (sulfide) groups is 1. The smallest absolute Gasteiger partial charge is 0.262 e. The Bertz CT molecular complexity index is 1030. The molecule has 2 heterocycles. The maximum absolute atomic E-state index is 12.5. The molecule has 2 aliphatic rings. The summed E-state index contributed by atoms with van der Waals surface area (Å²) in [6.07, 6.45) is 5.29. The second-order valence-electron chi connectivity index (χ2n) is 8.56. The third-order valence-corrected chi connectivity index (χ3v) is 7.14. The van der Waals surface area contributed by atoms with E-state index in [1.165, 1.54) is 23.7 Å². The third-order valence-electron chi connectivity index (χ3n) is 5.93. The highest BCUT2D eigenvalue weighted by atomic mass is 32.2. The van der Waals surface area contributed by atoms with Crippen LogP contribution in [0.2, 0.25) is 0 Å². The van der Waals surface area contributed by atoms with Crippen molar-refractivity contribution in [2.75, 3.05) is 25.0 Å². The molecule has 2 N–H and O–H groups in total. The molecule has 1 fully saturated rings. The summed E-state index contributed by atoms with van der Waals surface area (Å²) in [5, 5.41) is 6.03. The van der Waals surface area contributed by atoms with Gasteiger partial charge in [-0.05, 0) is 61.9 Å². The van der Waals surface area contributed by atoms with Gasteiger partial charge in [0, 0.05) is 37.3 Å². The zero-order valence-electron chi connectivity index (χ0n) is 19.2. The van der Waals surface area contributed by atoms with E-state index in [-0.39, 0.29) is 24.1 Å². The predicted octanol–water partition coefficient (Wildman–Crippen LogP) is 3.86. The predicted molar refractivity (Wildman–Crippen MR) is 136 cm³/mol. The summed E-state index contributed by atoms with van der Waals surface area (Å²) < 4.78 is 0. The van der Waals surface area contributed by atoms with Gasteiger partial charge < -0.3 is 15.5 Å². The van der Waals surface area contributed by atoms with E-state index in [1.54, 1.807) is 24.3 Å². The topological polar surface area (TPSA) is 90.9 Å². The first kappa shape index (κ1) is 24.0. The van der Waals surface area contributed by atoms with Crippen LogP contribution in [0.5, 0.6) is 0 Å². The number of rotatable bonds is 8. The molecule has 0 saturated carbocycles. The van der Waals surface area contributed by atoms with Gasteiger partial charge in [-0.25, -0.2) is 0 Å². The molecule has 0 aromatic heterocycles. The fourth-order valence-electron chi connectivity index (χ4n) is 4.06. The molecular formula is C26H30N4O3S. The zero-order valence-corrected chi connectivity index (χ0v) is 20.0. The lowest BCUT2D eigenvalue weighted by Gasteiger charge is -2.27. The SMILES string of the molecule is O=C(CC1SC(N2CCCCC2)=NC1=O)Nc1ccc(C(=O)NCCCc2ccccc2)cc1. The monoisotopic (exact) mass is 478 g/mol. The van der Waals surface area contributed by atoms with Gasteiger partial charge in [0.25, 0.3) is 11.8 Å². The lowest BCUT2D eigenvalue weighted by atomic mass is 10.1. The molecule has 2 aliphatic heterocycles. The zero-order chi connectivity index (χ0) is 23.8. The lowest BCUT2D eigenvalue weighted by Crippen LogP contribution is -2.33. The number of amidine groups is 1. The van der Waals surface area contributed by atoms with E-state index < -0.39 is 5.25 Å². The van der Waals surface area contributed by atoms with Crippen molar-refractivity contribution in [3.63, 3.8) is 0 Å². The normalized spacial score (nSPS) is 17.9. The first-order valence-corrected chi connectivity index (χ1v) is 12.7. The van der Waals surface area contributed by atoms with Crippen LogP contribution in [0.25, 0.3) is 0 Å². The quantitative estimate of drug-likeness (QED) is 0.562. The highest BCUT2D eigenvalue weighted by Gasteiger charge is 2.33. The van der Waals surface area contributed by atoms with Crippen molar-refractivity contribution < 1.29 is 14.4 Å². The molecular weight excluding hydrogens is 448 g/mol. The average molecular weight is 479 g/mol. The van der Waals surface area contributed by atoms with E-state index in [4.69, 9.17) is 0 Å². The Balaban J connectivity index is 1.19. The number of nitrogens with zero attached hydrogens (tertiary/aromatic N) is 2. The summed E-state index contributed by atoms with van der Waals surface area (Å²) >= 11 is 1.39. The first-order valence-electron chi connectivity index (χ1n) is 11.8. The van der Waals surface area contributed by atoms with Crippen LogP contribution in [0, 0.1) is 0 Å². The van der Waals surface area contributed by atoms with Gasteiger partial charge in [-0.1, -0.05) is 42.1 Å². The van der Waals surface area contributed by atoms with Gasteiger partial charge in [-0.3, -0.25) is 14.4 Å². The van der Waals surface area contributed by atoms with Crippen molar-refractivity contribution in [2.45, 2.75) is 43.8 Å². The van der Waals surface area contributed by atoms with Crippen LogP contribution >= 0.6 is 11.8 Å². The molecule has 4 rings (SSSR count). The van der Waals surface area contributed by atoms with Crippen LogP contribution in [0.15, 0.2) is 59.6 Å². The van der Waals surface area contributed by atoms with Crippen molar-refractivity contribution in [3.8, 4) is 0 Å². The number of aryl methyl sites for hydroxylation is 1. The number of carbonyl (C=O) groups is 3. The van der Waals surface area contributed by atoms with E-state index in [0.717, 1.165) is 43.9 Å². The summed E-state index contributed by atoms with van der Waals surface area (Å²) in [5.74, 6) is -0.611. The molecule has 3 amide bonds. The highest BCUT2D eigenvalue weighted by Crippen LogP contribution is 2.29. The molecule has 2 aromatic rings. The van der Waals surface area contributed by atoms with Crippen LogP contribution in [0.1, 0.15) is 48.0 Å². The summed E-state index contributed by atoms with van der Waals surface area (Å²) in [6, 6.07) is 17.0. The minimum atomic E-state index is -0.474. The number of amides is 3. The lowest BCUT2D eigenvalue weighted by molar-refractivity contribution is -0.121. The average Bonchev–Trinajstić information content (AvgIpc) is 3.23. The molecule has 1 unspecified atom stereocenters. The fraction of sp³-hybridized carbons (Fsp3) is 0.385. The second-order valence-corrected chi connectivity index (χ2v) is 9.73. The molecule has 0 bridgehead atoms. The summed E-state index contributed by atoms with van der Waals surface area (Å²) in [4.78, 5) is 43.4. The number of aliphatic imine (C=N–C) groups is 1. The maximum Gasteiger partial charge on any atom is 0.262 e. The van der Waals surface area contributed by atoms with E-state index in [0.29, 0.717) is 17.8 Å². The molecule has 0 spiro atoms. The molecule has 1 atom stereocenters. The Labute approximate surface area is 204 Å². The Kier molecular flexibility index (Phi) is 8.36. The van der Waals surface area contributed by atoms with Crippen LogP contribution in [-0.2, 0) is 16.0 Å². The number of anilines is 1. The van der Waals surface area contributed by atoms with E-state index >= 15 is 0 Å². The van der Waals surface area contributed by atoms with Gasteiger partial charge in [0.1, 0.15) is 5.25 Å². The standard InChI is InChI=1S/C26H30N4O3S/c31-23(18-22-25(33)29-26(34-22)30-16-5-2-6-17-30)28-21-13-11-20(12-14-21)24(32)27-15-7-10-19-8-3-1-4-9-19/h1,3-4,8-9,11-14,22H,2,5-7,10,15-18H2,(H,27,32)(H,28,31). The molecule has 178 valence electrons. The minimum Gasteiger partial charge on any atom is -0.352 e. The first-order chi connectivity index (χ1) is 16.6. The highest BCUT2D eigenvalue weighted by molar-refractivity contribution is 8.15. The molecule has 1 saturated heterocycles. The minimum absolute atomic E-state index is 0.0774. The van der Waals surface area contributed by atoms with Crippen LogP contribution in [0.4, 0.5) is 5.69 Å². The second kappa shape index (κ2) is 11.8. The van der Waals surface area contributed by atoms with Crippen LogP contribution in [-0.4, -0.2) is 52.7 Å². The Morgan fingerprint density at radius 1 is 1.00 bits per heavy atom. The number of hydrogen-bond acceptors (Lipinski definition) is 5. The third kappa shape index (κ3) is 6.70. The van der Waals surface area contributed by atoms with Gasteiger partial charge in [0.05, 0.1) is 0 Å². The van der Waals surface area contributed by atoms with E-state index in [9.17, 15) is 14.4 Å². The number of likely N-dealkylation sites (tertiary alicyclic amines) is 1. The molecule has 0 radical (unpaired) electrons. The molecule has 0 aliphatic carbocycles. The number of piperidine rings is 1. The Hall–Kier alpha value is -3.13. The van der Waals surface area contributed by atoms with Gasteiger partial charge >= 0.3 is 0 Å². The number of carbonyl (C=O) groups excluding carboxylic acids is 3. The molecule has 7 nitrogen and oxygen atoms in total. The van der Waals surface area contributed by atoms with Gasteiger partial charge in [0.2, 0.25) is 5.91 Å². The molecule has 34 heavy (non-hydrogen) atoms. The Morgan fingerprint density at radius 3 is 2.47 bits per heavy atom. The van der Waals surface area contributed by atoms with E-state index in [2.05, 4.69) is 32.7 Å². The summed E-state index contributed by atoms with van der Waals surface area (Å²) in [5.41, 5.74) is 2.39. The van der Waals surface area contributed by atoms with Crippen molar-refractivity contribution in [1.82, 2.24) is 10.2 Å². The number of nitrogens with one attached hydrogen (secondary N) is 2. The van der Waals surface area contributed by atoms with Gasteiger partial charge in [0.15, 0.2) is 5.17 Å². The molecule has 8 heteroatoms. The van der Waals surface area contributed by atoms with Crippen LogP contribution in [0.3, 0.4) is 0 Å². The Morgan fingerprint density at radius 2 is 1.74 bits per heavy atom. The van der Waals surface area contributed by atoms with Crippen molar-refractivity contribution in [3.05, 3.63) is 65.7 Å². The van der Waals surface area contributed by atoms with Crippen molar-refractivity contribution in [2.24, 2.45) is 4.99 Å². The van der Waals surface area contributed by atoms with Gasteiger partial charge in [-0.2, -0.15) is 4.99 Å². The number of hydrogen-bond donors (Lipinski definition) is 2. The van der Waals surface area contributed by atoms with Crippen LogP contribution < -0.4 is 10.6 Å². The summed E-state index contributed by atoms with van der Waals surface area (Å²) in [7, 11) is 0.